The van der Waals surface area contributed by atoms with Crippen molar-refractivity contribution >= 4 is 0 Å². The van der Waals surface area contributed by atoms with Gasteiger partial charge in [0, 0.05) is 13.0 Å². The number of benzene rings is 1. The Morgan fingerprint density at radius 2 is 1.71 bits per heavy atom. The molecule has 0 amide bonds. The second kappa shape index (κ2) is 4.58. The fraction of sp³-hybridized carbons (Fsp3) is 0.500. The molecule has 0 bridgehead atoms. The predicted octanol–water partition coefficient (Wildman–Crippen LogP) is 1.50. The number of rotatable bonds is 4. The van der Waals surface area contributed by atoms with Crippen molar-refractivity contribution in [2.75, 3.05) is 6.54 Å². The van der Waals surface area contributed by atoms with E-state index in [2.05, 4.69) is 31.2 Å². The van der Waals surface area contributed by atoms with Crippen molar-refractivity contribution < 1.29 is 5.11 Å². The van der Waals surface area contributed by atoms with Crippen molar-refractivity contribution in [1.82, 2.24) is 0 Å². The van der Waals surface area contributed by atoms with E-state index in [1.165, 1.54) is 5.56 Å². The molecule has 0 saturated carbocycles. The van der Waals surface area contributed by atoms with Gasteiger partial charge in [0.2, 0.25) is 0 Å². The maximum atomic E-state index is 9.78. The third kappa shape index (κ3) is 3.13. The molecule has 78 valence electrons. The highest BCUT2D eigenvalue weighted by atomic mass is 16.3. The quantitative estimate of drug-likeness (QED) is 0.761. The molecule has 3 N–H and O–H groups in total. The first-order chi connectivity index (χ1) is 6.57. The normalized spacial score (nSPS) is 15.1. The van der Waals surface area contributed by atoms with Crippen LogP contribution in [-0.2, 0) is 12.8 Å². The number of hydrogen-bond acceptors (Lipinski definition) is 2. The van der Waals surface area contributed by atoms with Gasteiger partial charge in [-0.2, -0.15) is 0 Å². The third-order valence-electron chi connectivity index (χ3n) is 2.46. The lowest BCUT2D eigenvalue weighted by Gasteiger charge is -2.20. The van der Waals surface area contributed by atoms with E-state index >= 15 is 0 Å². The summed E-state index contributed by atoms with van der Waals surface area (Å²) in [5.41, 5.74) is 7.13. The lowest BCUT2D eigenvalue weighted by molar-refractivity contribution is 0.0696. The minimum atomic E-state index is -0.784. The van der Waals surface area contributed by atoms with Crippen LogP contribution in [0, 0.1) is 0 Å². The Hall–Kier alpha value is -0.860. The second-order valence-corrected chi connectivity index (χ2v) is 4.05. The summed E-state index contributed by atoms with van der Waals surface area (Å²) in [5, 5.41) is 9.78. The zero-order valence-corrected chi connectivity index (χ0v) is 8.96. The van der Waals surface area contributed by atoms with Gasteiger partial charge in [-0.3, -0.25) is 0 Å². The largest absolute Gasteiger partial charge is 0.389 e. The number of aliphatic hydroxyl groups is 1. The topological polar surface area (TPSA) is 46.2 Å². The smallest absolute Gasteiger partial charge is 0.0781 e. The van der Waals surface area contributed by atoms with Gasteiger partial charge in [0.25, 0.3) is 0 Å². The molecule has 0 saturated heterocycles. The molecule has 0 spiro atoms. The fourth-order valence-electron chi connectivity index (χ4n) is 1.40. The van der Waals surface area contributed by atoms with Crippen molar-refractivity contribution in [2.45, 2.75) is 32.3 Å². The van der Waals surface area contributed by atoms with Crippen LogP contribution in [0.2, 0.25) is 0 Å². The summed E-state index contributed by atoms with van der Waals surface area (Å²) < 4.78 is 0. The average molecular weight is 193 g/mol. The van der Waals surface area contributed by atoms with E-state index in [0.29, 0.717) is 13.0 Å². The minimum absolute atomic E-state index is 0.294. The molecule has 0 aliphatic rings. The minimum Gasteiger partial charge on any atom is -0.389 e. The van der Waals surface area contributed by atoms with Crippen molar-refractivity contribution in [3.05, 3.63) is 35.4 Å². The molecule has 1 rings (SSSR count). The zero-order chi connectivity index (χ0) is 10.6. The highest BCUT2D eigenvalue weighted by Crippen LogP contribution is 2.13. The first kappa shape index (κ1) is 11.2. The van der Waals surface area contributed by atoms with Crippen LogP contribution in [0.4, 0.5) is 0 Å². The highest BCUT2D eigenvalue weighted by molar-refractivity contribution is 5.23. The second-order valence-electron chi connectivity index (χ2n) is 4.05. The van der Waals surface area contributed by atoms with Gasteiger partial charge in [0.15, 0.2) is 0 Å². The molecule has 1 atom stereocenters. The van der Waals surface area contributed by atoms with E-state index in [1.54, 1.807) is 6.92 Å². The van der Waals surface area contributed by atoms with Gasteiger partial charge in [-0.1, -0.05) is 31.2 Å². The van der Waals surface area contributed by atoms with Crippen molar-refractivity contribution in [3.8, 4) is 0 Å². The van der Waals surface area contributed by atoms with Crippen molar-refractivity contribution in [2.24, 2.45) is 5.73 Å². The summed E-state index contributed by atoms with van der Waals surface area (Å²) in [6, 6.07) is 8.32. The molecular weight excluding hydrogens is 174 g/mol. The molecule has 0 radical (unpaired) electrons. The molecule has 0 aliphatic carbocycles. The van der Waals surface area contributed by atoms with E-state index in [0.717, 1.165) is 12.0 Å². The Morgan fingerprint density at radius 1 is 1.21 bits per heavy atom. The van der Waals surface area contributed by atoms with Crippen LogP contribution in [0.15, 0.2) is 24.3 Å². The molecule has 1 aromatic carbocycles. The molecule has 0 aromatic heterocycles. The van der Waals surface area contributed by atoms with Crippen LogP contribution in [0.5, 0.6) is 0 Å². The van der Waals surface area contributed by atoms with Crippen LogP contribution in [0.1, 0.15) is 25.0 Å². The lowest BCUT2D eigenvalue weighted by atomic mass is 9.96. The van der Waals surface area contributed by atoms with E-state index in [-0.39, 0.29) is 0 Å². The maximum absolute atomic E-state index is 9.78. The number of hydrogen-bond donors (Lipinski definition) is 2. The van der Waals surface area contributed by atoms with Crippen LogP contribution >= 0.6 is 0 Å². The van der Waals surface area contributed by atoms with E-state index in [4.69, 9.17) is 5.73 Å². The molecule has 1 unspecified atom stereocenters. The molecule has 2 nitrogen and oxygen atoms in total. The van der Waals surface area contributed by atoms with Crippen LogP contribution in [0.25, 0.3) is 0 Å². The number of aryl methyl sites for hydroxylation is 1. The summed E-state index contributed by atoms with van der Waals surface area (Å²) >= 11 is 0. The van der Waals surface area contributed by atoms with Gasteiger partial charge in [-0.15, -0.1) is 0 Å². The SMILES string of the molecule is CCc1ccc(CC(C)(O)CN)cc1. The Kier molecular flexibility index (Phi) is 3.67. The lowest BCUT2D eigenvalue weighted by Crippen LogP contribution is -2.36. The summed E-state index contributed by atoms with van der Waals surface area (Å²) in [7, 11) is 0. The molecule has 0 heterocycles. The van der Waals surface area contributed by atoms with Gasteiger partial charge in [0.1, 0.15) is 0 Å². The standard InChI is InChI=1S/C12H19NO/c1-3-10-4-6-11(7-5-10)8-12(2,14)9-13/h4-7,14H,3,8-9,13H2,1-2H3. The monoisotopic (exact) mass is 193 g/mol. The number of nitrogens with two attached hydrogens (primary N) is 1. The first-order valence-corrected chi connectivity index (χ1v) is 5.07. The molecule has 1 aromatic rings. The van der Waals surface area contributed by atoms with E-state index in [9.17, 15) is 5.11 Å². The summed E-state index contributed by atoms with van der Waals surface area (Å²) in [6.45, 7) is 4.19. The summed E-state index contributed by atoms with van der Waals surface area (Å²) in [6.07, 6.45) is 1.67. The average Bonchev–Trinajstić information content (AvgIpc) is 2.19. The van der Waals surface area contributed by atoms with E-state index < -0.39 is 5.60 Å². The van der Waals surface area contributed by atoms with Gasteiger partial charge in [-0.25, -0.2) is 0 Å². The molecule has 0 fully saturated rings. The fourth-order valence-corrected chi connectivity index (χ4v) is 1.40. The first-order valence-electron chi connectivity index (χ1n) is 5.07. The van der Waals surface area contributed by atoms with Crippen molar-refractivity contribution in [1.29, 1.82) is 0 Å². The molecule has 0 aliphatic heterocycles. The molecular formula is C12H19NO. The van der Waals surface area contributed by atoms with Crippen LogP contribution < -0.4 is 5.73 Å². The zero-order valence-electron chi connectivity index (χ0n) is 8.96. The predicted molar refractivity (Wildman–Crippen MR) is 59.2 cm³/mol. The van der Waals surface area contributed by atoms with Gasteiger partial charge in [-0.05, 0) is 24.5 Å². The Balaban J connectivity index is 2.69. The Bertz CT molecular complexity index is 277. The Labute approximate surface area is 85.8 Å². The highest BCUT2D eigenvalue weighted by Gasteiger charge is 2.18. The third-order valence-corrected chi connectivity index (χ3v) is 2.46. The summed E-state index contributed by atoms with van der Waals surface area (Å²) in [4.78, 5) is 0. The Morgan fingerprint density at radius 3 is 2.14 bits per heavy atom. The summed E-state index contributed by atoms with van der Waals surface area (Å²) in [5.74, 6) is 0. The molecule has 14 heavy (non-hydrogen) atoms. The van der Waals surface area contributed by atoms with Gasteiger partial charge >= 0.3 is 0 Å². The van der Waals surface area contributed by atoms with Gasteiger partial charge < -0.3 is 10.8 Å². The van der Waals surface area contributed by atoms with E-state index in [1.807, 2.05) is 0 Å². The van der Waals surface area contributed by atoms with Crippen molar-refractivity contribution in [3.63, 3.8) is 0 Å². The van der Waals surface area contributed by atoms with Gasteiger partial charge in [0.05, 0.1) is 5.60 Å². The maximum Gasteiger partial charge on any atom is 0.0781 e. The van der Waals surface area contributed by atoms with Crippen LogP contribution in [0.3, 0.4) is 0 Å². The molecule has 2 heteroatoms. The van der Waals surface area contributed by atoms with Crippen LogP contribution in [-0.4, -0.2) is 17.3 Å².